The smallest absolute Gasteiger partial charge is 0.217 e. The first kappa shape index (κ1) is 17.9. The van der Waals surface area contributed by atoms with Gasteiger partial charge in [0, 0.05) is 56.7 Å². The summed E-state index contributed by atoms with van der Waals surface area (Å²) in [7, 11) is 3.74. The number of fused-ring (bicyclic) bond motifs is 1. The number of methoxy groups -OCH3 is 1. The molecular weight excluding hydrogens is 316 g/mol. The first-order chi connectivity index (χ1) is 12.1. The Labute approximate surface area is 149 Å². The van der Waals surface area contributed by atoms with E-state index in [2.05, 4.69) is 46.4 Å². The summed E-state index contributed by atoms with van der Waals surface area (Å²) in [5.41, 5.74) is 3.55. The van der Waals surface area contributed by atoms with Crippen LogP contribution in [0.4, 0.5) is 0 Å². The van der Waals surface area contributed by atoms with Crippen molar-refractivity contribution in [3.63, 3.8) is 0 Å². The number of pyridine rings is 1. The minimum absolute atomic E-state index is 0.331. The number of ether oxygens (including phenoxy) is 2. The van der Waals surface area contributed by atoms with Gasteiger partial charge in [0.1, 0.15) is 0 Å². The van der Waals surface area contributed by atoms with Crippen LogP contribution in [-0.2, 0) is 24.9 Å². The number of nitrogens with zero attached hydrogens (tertiary/aromatic N) is 4. The van der Waals surface area contributed by atoms with Crippen LogP contribution in [-0.4, -0.2) is 46.3 Å². The second kappa shape index (κ2) is 7.97. The van der Waals surface area contributed by atoms with E-state index in [1.54, 1.807) is 13.3 Å². The predicted molar refractivity (Wildman–Crippen MR) is 96.5 cm³/mol. The van der Waals surface area contributed by atoms with E-state index in [-0.39, 0.29) is 0 Å². The fraction of sp³-hybridized carbons (Fsp3) is 0.579. The first-order valence-corrected chi connectivity index (χ1v) is 8.86. The fourth-order valence-corrected chi connectivity index (χ4v) is 3.48. The van der Waals surface area contributed by atoms with E-state index in [1.807, 2.05) is 12.4 Å². The summed E-state index contributed by atoms with van der Waals surface area (Å²) in [4.78, 5) is 11.3. The Morgan fingerprint density at radius 2 is 2.16 bits per heavy atom. The molecule has 0 radical (unpaired) electrons. The molecule has 1 aliphatic rings. The minimum Gasteiger partial charge on any atom is -0.481 e. The van der Waals surface area contributed by atoms with E-state index in [1.165, 1.54) is 5.69 Å². The standard InChI is InChI=1S/C19H28N4O2/c1-14(2)11-25-12-16-9-23(10-17-18(16)22(3)13-21-17)8-15-6-5-7-20-19(15)24-4/h5-7,13-14,16H,8-12H2,1-4H3/t16-/m1/s1. The zero-order valence-electron chi connectivity index (χ0n) is 15.6. The van der Waals surface area contributed by atoms with Gasteiger partial charge in [0.15, 0.2) is 0 Å². The Morgan fingerprint density at radius 1 is 1.32 bits per heavy atom. The SMILES string of the molecule is COc1ncccc1CN1Cc2ncn(C)c2[C@@H](COCC(C)C)C1. The highest BCUT2D eigenvalue weighted by molar-refractivity contribution is 5.27. The van der Waals surface area contributed by atoms with Crippen molar-refractivity contribution >= 4 is 0 Å². The third-order valence-electron chi connectivity index (χ3n) is 4.51. The average Bonchev–Trinajstić information content (AvgIpc) is 2.96. The van der Waals surface area contributed by atoms with Crippen molar-refractivity contribution in [2.45, 2.75) is 32.9 Å². The largest absolute Gasteiger partial charge is 0.481 e. The van der Waals surface area contributed by atoms with E-state index in [0.29, 0.717) is 17.7 Å². The Bertz CT molecular complexity index is 698. The summed E-state index contributed by atoms with van der Waals surface area (Å²) < 4.78 is 13.5. The summed E-state index contributed by atoms with van der Waals surface area (Å²) in [5.74, 6) is 1.57. The van der Waals surface area contributed by atoms with Crippen LogP contribution in [0.25, 0.3) is 0 Å². The maximum Gasteiger partial charge on any atom is 0.217 e. The maximum absolute atomic E-state index is 5.95. The highest BCUT2D eigenvalue weighted by Crippen LogP contribution is 2.29. The molecule has 3 heterocycles. The van der Waals surface area contributed by atoms with Crippen molar-refractivity contribution < 1.29 is 9.47 Å². The van der Waals surface area contributed by atoms with Crippen LogP contribution in [0.5, 0.6) is 5.88 Å². The van der Waals surface area contributed by atoms with Crippen molar-refractivity contribution in [2.75, 3.05) is 26.9 Å². The molecule has 0 fully saturated rings. The van der Waals surface area contributed by atoms with Gasteiger partial charge in [-0.15, -0.1) is 0 Å². The lowest BCUT2D eigenvalue weighted by Gasteiger charge is -2.33. The number of aryl methyl sites for hydroxylation is 1. The highest BCUT2D eigenvalue weighted by Gasteiger charge is 2.29. The van der Waals surface area contributed by atoms with Crippen LogP contribution < -0.4 is 4.74 Å². The normalized spacial score (nSPS) is 17.7. The average molecular weight is 344 g/mol. The van der Waals surface area contributed by atoms with Gasteiger partial charge in [0.05, 0.1) is 25.7 Å². The van der Waals surface area contributed by atoms with Gasteiger partial charge in [-0.25, -0.2) is 9.97 Å². The minimum atomic E-state index is 0.331. The quantitative estimate of drug-likeness (QED) is 0.773. The summed E-state index contributed by atoms with van der Waals surface area (Å²) >= 11 is 0. The van der Waals surface area contributed by atoms with Crippen molar-refractivity contribution in [2.24, 2.45) is 13.0 Å². The monoisotopic (exact) mass is 344 g/mol. The number of aromatic nitrogens is 3. The van der Waals surface area contributed by atoms with Crippen molar-refractivity contribution in [3.05, 3.63) is 41.6 Å². The molecule has 2 aromatic rings. The molecule has 6 nitrogen and oxygen atoms in total. The van der Waals surface area contributed by atoms with Crippen LogP contribution in [0, 0.1) is 5.92 Å². The molecule has 3 rings (SSSR count). The molecule has 6 heteroatoms. The van der Waals surface area contributed by atoms with Gasteiger partial charge >= 0.3 is 0 Å². The van der Waals surface area contributed by atoms with Gasteiger partial charge in [-0.2, -0.15) is 0 Å². The Morgan fingerprint density at radius 3 is 2.92 bits per heavy atom. The highest BCUT2D eigenvalue weighted by atomic mass is 16.5. The Hall–Kier alpha value is -1.92. The molecule has 0 saturated carbocycles. The van der Waals surface area contributed by atoms with Crippen LogP contribution in [0.15, 0.2) is 24.7 Å². The van der Waals surface area contributed by atoms with Crippen molar-refractivity contribution in [1.82, 2.24) is 19.4 Å². The topological polar surface area (TPSA) is 52.4 Å². The van der Waals surface area contributed by atoms with E-state index in [0.717, 1.165) is 44.1 Å². The molecule has 136 valence electrons. The Kier molecular flexibility index (Phi) is 5.71. The van der Waals surface area contributed by atoms with Gasteiger partial charge in [0.25, 0.3) is 0 Å². The van der Waals surface area contributed by atoms with Gasteiger partial charge in [-0.05, 0) is 12.0 Å². The summed E-state index contributed by atoms with van der Waals surface area (Å²) in [6, 6.07) is 4.03. The second-order valence-electron chi connectivity index (χ2n) is 7.16. The maximum atomic E-state index is 5.95. The molecule has 0 unspecified atom stereocenters. The molecule has 2 aromatic heterocycles. The lowest BCUT2D eigenvalue weighted by molar-refractivity contribution is 0.0767. The van der Waals surface area contributed by atoms with Crippen molar-refractivity contribution in [1.29, 1.82) is 0 Å². The summed E-state index contributed by atoms with van der Waals surface area (Å²) in [5, 5.41) is 0. The zero-order chi connectivity index (χ0) is 17.8. The lowest BCUT2D eigenvalue weighted by Crippen LogP contribution is -2.36. The van der Waals surface area contributed by atoms with Gasteiger partial charge in [-0.1, -0.05) is 19.9 Å². The van der Waals surface area contributed by atoms with E-state index in [4.69, 9.17) is 9.47 Å². The third kappa shape index (κ3) is 4.19. The molecule has 0 aromatic carbocycles. The molecule has 0 saturated heterocycles. The van der Waals surface area contributed by atoms with Crippen LogP contribution in [0.2, 0.25) is 0 Å². The van der Waals surface area contributed by atoms with Gasteiger partial charge in [0.2, 0.25) is 5.88 Å². The van der Waals surface area contributed by atoms with Gasteiger partial charge < -0.3 is 14.0 Å². The summed E-state index contributed by atoms with van der Waals surface area (Å²) in [6.45, 7) is 8.46. The van der Waals surface area contributed by atoms with Crippen LogP contribution in [0.3, 0.4) is 0 Å². The van der Waals surface area contributed by atoms with E-state index >= 15 is 0 Å². The lowest BCUT2D eigenvalue weighted by atomic mass is 9.98. The second-order valence-corrected chi connectivity index (χ2v) is 7.16. The molecule has 1 atom stereocenters. The molecule has 0 aliphatic carbocycles. The van der Waals surface area contributed by atoms with Crippen LogP contribution >= 0.6 is 0 Å². The zero-order valence-corrected chi connectivity index (χ0v) is 15.6. The molecule has 1 aliphatic heterocycles. The number of rotatable bonds is 7. The van der Waals surface area contributed by atoms with Crippen LogP contribution in [0.1, 0.15) is 36.7 Å². The van der Waals surface area contributed by atoms with Crippen molar-refractivity contribution in [3.8, 4) is 5.88 Å². The molecule has 0 bridgehead atoms. The molecule has 0 N–H and O–H groups in total. The number of hydrogen-bond acceptors (Lipinski definition) is 5. The fourth-order valence-electron chi connectivity index (χ4n) is 3.48. The number of hydrogen-bond donors (Lipinski definition) is 0. The van der Waals surface area contributed by atoms with E-state index in [9.17, 15) is 0 Å². The van der Waals surface area contributed by atoms with Gasteiger partial charge in [-0.3, -0.25) is 4.90 Å². The molecule has 25 heavy (non-hydrogen) atoms. The predicted octanol–water partition coefficient (Wildman–Crippen LogP) is 2.60. The Balaban J connectivity index is 1.74. The molecule has 0 spiro atoms. The number of imidazole rings is 1. The third-order valence-corrected chi connectivity index (χ3v) is 4.51. The first-order valence-electron chi connectivity index (χ1n) is 8.86. The molecule has 0 amide bonds. The van der Waals surface area contributed by atoms with E-state index < -0.39 is 0 Å². The molecular formula is C19H28N4O2. The summed E-state index contributed by atoms with van der Waals surface area (Å²) in [6.07, 6.45) is 3.67.